The Labute approximate surface area is 178 Å². The second-order valence-electron chi connectivity index (χ2n) is 6.64. The summed E-state index contributed by atoms with van der Waals surface area (Å²) in [6.07, 6.45) is 2.54. The molecule has 0 unspecified atom stereocenters. The summed E-state index contributed by atoms with van der Waals surface area (Å²) in [5.41, 5.74) is 21.3. The maximum absolute atomic E-state index is 10.8. The zero-order chi connectivity index (χ0) is 22.1. The van der Waals surface area contributed by atoms with Crippen LogP contribution in [0.15, 0.2) is 66.1 Å². The van der Waals surface area contributed by atoms with Crippen LogP contribution in [0.25, 0.3) is 5.70 Å². The van der Waals surface area contributed by atoms with Crippen LogP contribution in [0.4, 0.5) is 5.69 Å². The molecule has 2 aromatic rings. The van der Waals surface area contributed by atoms with E-state index in [2.05, 4.69) is 9.80 Å². The van der Waals surface area contributed by atoms with Gasteiger partial charge in [-0.25, -0.2) is 0 Å². The highest BCUT2D eigenvalue weighted by atomic mass is 16.3. The molecule has 0 aromatic heterocycles. The van der Waals surface area contributed by atoms with E-state index < -0.39 is 0 Å². The number of hydrogen-bond donors (Lipinski definition) is 4. The Morgan fingerprint density at radius 1 is 0.933 bits per heavy atom. The normalized spacial score (nSPS) is 13.9. The van der Waals surface area contributed by atoms with Gasteiger partial charge in [-0.3, -0.25) is 4.79 Å². The molecule has 160 valence electrons. The van der Waals surface area contributed by atoms with Gasteiger partial charge in [-0.1, -0.05) is 26.0 Å². The van der Waals surface area contributed by atoms with E-state index in [0.717, 1.165) is 25.1 Å². The molecule has 0 atom stereocenters. The molecule has 7 N–H and O–H groups in total. The summed E-state index contributed by atoms with van der Waals surface area (Å²) in [6.45, 7) is 6.99. The first-order chi connectivity index (χ1) is 14.5. The third-order valence-electron chi connectivity index (χ3n) is 4.82. The van der Waals surface area contributed by atoms with E-state index in [0.29, 0.717) is 35.6 Å². The van der Waals surface area contributed by atoms with Gasteiger partial charge < -0.3 is 32.1 Å². The van der Waals surface area contributed by atoms with E-state index in [-0.39, 0.29) is 11.6 Å². The van der Waals surface area contributed by atoms with Crippen LogP contribution >= 0.6 is 0 Å². The summed E-state index contributed by atoms with van der Waals surface area (Å²) >= 11 is 0. The fraction of sp³-hybridized carbons (Fsp3) is 0.261. The Kier molecular flexibility index (Phi) is 8.17. The summed E-state index contributed by atoms with van der Waals surface area (Å²) < 4.78 is 0. The third kappa shape index (κ3) is 5.47. The number of phenolic OH excluding ortho intramolecular Hbond substituents is 1. The van der Waals surface area contributed by atoms with Gasteiger partial charge in [0, 0.05) is 48.7 Å². The Hall–Kier alpha value is -3.61. The van der Waals surface area contributed by atoms with Gasteiger partial charge in [0.25, 0.3) is 0 Å². The van der Waals surface area contributed by atoms with Crippen LogP contribution in [0.2, 0.25) is 0 Å². The van der Waals surface area contributed by atoms with Crippen LogP contribution in [0.1, 0.15) is 29.8 Å². The second kappa shape index (κ2) is 10.8. The molecule has 7 nitrogen and oxygen atoms in total. The zero-order valence-electron chi connectivity index (χ0n) is 17.6. The fourth-order valence-corrected chi connectivity index (χ4v) is 3.27. The van der Waals surface area contributed by atoms with E-state index >= 15 is 0 Å². The van der Waals surface area contributed by atoms with Gasteiger partial charge in [-0.05, 0) is 42.5 Å². The summed E-state index contributed by atoms with van der Waals surface area (Å²) in [6, 6.07) is 14.4. The van der Waals surface area contributed by atoms with Crippen molar-refractivity contribution in [2.75, 3.05) is 31.1 Å². The Balaban J connectivity index is 0.00000155. The molecule has 1 heterocycles. The van der Waals surface area contributed by atoms with Gasteiger partial charge in [0.2, 0.25) is 0 Å². The first kappa shape index (κ1) is 22.7. The van der Waals surface area contributed by atoms with Crippen molar-refractivity contribution in [1.29, 1.82) is 0 Å². The van der Waals surface area contributed by atoms with Crippen LogP contribution < -0.4 is 22.1 Å². The Bertz CT molecular complexity index is 894. The van der Waals surface area contributed by atoms with Crippen molar-refractivity contribution in [3.8, 4) is 5.75 Å². The molecule has 1 aliphatic heterocycles. The van der Waals surface area contributed by atoms with Crippen LogP contribution in [-0.2, 0) is 0 Å². The van der Waals surface area contributed by atoms with Crippen LogP contribution in [0.5, 0.6) is 5.75 Å². The molecule has 7 heteroatoms. The Morgan fingerprint density at radius 2 is 1.53 bits per heavy atom. The number of rotatable bonds is 5. The number of allylic oxidation sites excluding steroid dienone is 1. The average Bonchev–Trinajstić information content (AvgIpc) is 2.79. The van der Waals surface area contributed by atoms with Gasteiger partial charge in [0.05, 0.1) is 5.70 Å². The Morgan fingerprint density at radius 3 is 2.07 bits per heavy atom. The topological polar surface area (TPSA) is 122 Å². The van der Waals surface area contributed by atoms with Gasteiger partial charge in [0.15, 0.2) is 0 Å². The highest BCUT2D eigenvalue weighted by Crippen LogP contribution is 2.24. The van der Waals surface area contributed by atoms with Crippen molar-refractivity contribution in [3.63, 3.8) is 0 Å². The molecule has 0 bridgehead atoms. The number of aldehydes is 1. The average molecular weight is 410 g/mol. The lowest BCUT2D eigenvalue weighted by Crippen LogP contribution is -2.46. The molecule has 0 aliphatic carbocycles. The molecule has 0 saturated carbocycles. The number of piperazine rings is 1. The van der Waals surface area contributed by atoms with Crippen LogP contribution in [0, 0.1) is 0 Å². The number of benzene rings is 2. The highest BCUT2D eigenvalue weighted by Gasteiger charge is 2.20. The molecule has 30 heavy (non-hydrogen) atoms. The smallest absolute Gasteiger partial charge is 0.150 e. The minimum Gasteiger partial charge on any atom is -0.507 e. The highest BCUT2D eigenvalue weighted by molar-refractivity contribution is 5.75. The molecule has 1 aliphatic rings. The number of nitrogens with zero attached hydrogens (tertiary/aromatic N) is 2. The van der Waals surface area contributed by atoms with Gasteiger partial charge in [0.1, 0.15) is 17.9 Å². The summed E-state index contributed by atoms with van der Waals surface area (Å²) in [5, 5.41) is 10.00. The van der Waals surface area contributed by atoms with Crippen molar-refractivity contribution in [3.05, 3.63) is 77.3 Å². The zero-order valence-corrected chi connectivity index (χ0v) is 17.6. The molecule has 0 spiro atoms. The first-order valence-corrected chi connectivity index (χ1v) is 10.1. The standard InChI is InChI=1S/C21H25N5O2.C2H6/c22-18(17-3-1-2-4-20(17)28)13-19(21(23)24)26-11-9-25(10-12-26)16-7-5-15(14-27)6-8-16;1-2/h1-8,13-14,28H,9-12,22-24H2;1-2H3/b18-13-;. The maximum Gasteiger partial charge on any atom is 0.150 e. The molecular weight excluding hydrogens is 378 g/mol. The molecule has 3 rings (SSSR count). The maximum atomic E-state index is 10.8. The van der Waals surface area contributed by atoms with Crippen molar-refractivity contribution in [2.24, 2.45) is 17.2 Å². The lowest BCUT2D eigenvalue weighted by molar-refractivity contribution is 0.112. The van der Waals surface area contributed by atoms with E-state index in [9.17, 15) is 9.90 Å². The van der Waals surface area contributed by atoms with Crippen molar-refractivity contribution < 1.29 is 9.90 Å². The fourth-order valence-electron chi connectivity index (χ4n) is 3.27. The number of anilines is 1. The number of nitrogens with two attached hydrogens (primary N) is 3. The van der Waals surface area contributed by atoms with Crippen molar-refractivity contribution in [2.45, 2.75) is 13.8 Å². The summed E-state index contributed by atoms with van der Waals surface area (Å²) in [5.74, 6) is 0.289. The quantitative estimate of drug-likeness (QED) is 0.442. The second-order valence-corrected chi connectivity index (χ2v) is 6.64. The van der Waals surface area contributed by atoms with Gasteiger partial charge >= 0.3 is 0 Å². The van der Waals surface area contributed by atoms with E-state index in [4.69, 9.17) is 17.2 Å². The molecular formula is C23H31N5O2. The third-order valence-corrected chi connectivity index (χ3v) is 4.82. The van der Waals surface area contributed by atoms with Crippen LogP contribution in [0.3, 0.4) is 0 Å². The molecule has 1 saturated heterocycles. The van der Waals surface area contributed by atoms with E-state index in [1.165, 1.54) is 0 Å². The van der Waals surface area contributed by atoms with Gasteiger partial charge in [-0.15, -0.1) is 0 Å². The molecule has 2 aromatic carbocycles. The minimum absolute atomic E-state index is 0.106. The summed E-state index contributed by atoms with van der Waals surface area (Å²) in [4.78, 5) is 15.1. The van der Waals surface area contributed by atoms with Gasteiger partial charge in [-0.2, -0.15) is 0 Å². The van der Waals surface area contributed by atoms with Crippen molar-refractivity contribution >= 4 is 17.7 Å². The monoisotopic (exact) mass is 409 g/mol. The van der Waals surface area contributed by atoms with E-state index in [1.54, 1.807) is 30.3 Å². The number of aromatic hydroxyl groups is 1. The van der Waals surface area contributed by atoms with E-state index in [1.807, 2.05) is 38.1 Å². The van der Waals surface area contributed by atoms with Crippen molar-refractivity contribution in [1.82, 2.24) is 4.90 Å². The number of carbonyl (C=O) groups excluding carboxylic acids is 1. The predicted molar refractivity (Wildman–Crippen MR) is 123 cm³/mol. The molecule has 0 amide bonds. The number of carbonyl (C=O) groups is 1. The number of para-hydroxylation sites is 1. The lowest BCUT2D eigenvalue weighted by atomic mass is 10.1. The number of hydrogen-bond acceptors (Lipinski definition) is 7. The largest absolute Gasteiger partial charge is 0.507 e. The molecule has 0 radical (unpaired) electrons. The minimum atomic E-state index is 0.106. The predicted octanol–water partition coefficient (Wildman–Crippen LogP) is 2.44. The summed E-state index contributed by atoms with van der Waals surface area (Å²) in [7, 11) is 0. The SMILES string of the molecule is CC.NC(N)=C(/C=C(\N)c1ccccc1O)N1CCN(c2ccc(C=O)cc2)CC1. The first-order valence-electron chi connectivity index (χ1n) is 10.1. The number of phenols is 1. The lowest BCUT2D eigenvalue weighted by Gasteiger charge is -2.38. The molecule has 1 fully saturated rings. The van der Waals surface area contributed by atoms with Crippen LogP contribution in [-0.4, -0.2) is 42.5 Å².